The summed E-state index contributed by atoms with van der Waals surface area (Å²) in [6.07, 6.45) is 8.25. The van der Waals surface area contributed by atoms with Gasteiger partial charge in [0.2, 0.25) is 0 Å². The molecule has 4 nitrogen and oxygen atoms in total. The van der Waals surface area contributed by atoms with Gasteiger partial charge in [-0.3, -0.25) is 0 Å². The quantitative estimate of drug-likeness (QED) is 0.918. The van der Waals surface area contributed by atoms with Gasteiger partial charge in [-0.1, -0.05) is 6.07 Å². The third-order valence-corrected chi connectivity index (χ3v) is 4.29. The van der Waals surface area contributed by atoms with Crippen LogP contribution in [0.3, 0.4) is 0 Å². The molecule has 0 saturated heterocycles. The maximum Gasteiger partial charge on any atom is 0.119 e. The second-order valence-electron chi connectivity index (χ2n) is 5.65. The van der Waals surface area contributed by atoms with E-state index in [1.54, 1.807) is 0 Å². The van der Waals surface area contributed by atoms with Crippen LogP contribution in [0.2, 0.25) is 0 Å². The number of nitrogens with one attached hydrogen (secondary N) is 1. The molecule has 0 radical (unpaired) electrons. The average molecular weight is 285 g/mol. The standard InChI is InChI=1S/C17H23N3O/c1-18-16-5-3-4-13-12-14(6-7-15(13)16)21-11-8-17-19-9-10-20(17)2/h6-7,9-10,12,16,18H,3-5,8,11H2,1-2H3. The van der Waals surface area contributed by atoms with Gasteiger partial charge < -0.3 is 14.6 Å². The first-order valence-corrected chi connectivity index (χ1v) is 7.67. The number of ether oxygens (including phenoxy) is 1. The van der Waals surface area contributed by atoms with Crippen LogP contribution in [0.4, 0.5) is 0 Å². The molecule has 1 aromatic heterocycles. The van der Waals surface area contributed by atoms with Gasteiger partial charge in [-0.2, -0.15) is 0 Å². The van der Waals surface area contributed by atoms with E-state index in [4.69, 9.17) is 4.74 Å². The molecule has 1 aromatic carbocycles. The molecular weight excluding hydrogens is 262 g/mol. The maximum absolute atomic E-state index is 5.90. The number of aromatic nitrogens is 2. The minimum absolute atomic E-state index is 0.496. The highest BCUT2D eigenvalue weighted by atomic mass is 16.5. The highest BCUT2D eigenvalue weighted by Gasteiger charge is 2.18. The van der Waals surface area contributed by atoms with Crippen molar-refractivity contribution in [1.29, 1.82) is 0 Å². The number of rotatable bonds is 5. The van der Waals surface area contributed by atoms with Gasteiger partial charge in [0.05, 0.1) is 6.61 Å². The molecule has 1 heterocycles. The van der Waals surface area contributed by atoms with Crippen molar-refractivity contribution in [1.82, 2.24) is 14.9 Å². The first-order chi connectivity index (χ1) is 10.3. The summed E-state index contributed by atoms with van der Waals surface area (Å²) in [4.78, 5) is 4.31. The van der Waals surface area contributed by atoms with E-state index >= 15 is 0 Å². The van der Waals surface area contributed by atoms with Gasteiger partial charge in [0.1, 0.15) is 11.6 Å². The molecule has 0 saturated carbocycles. The number of benzene rings is 1. The molecule has 0 amide bonds. The van der Waals surface area contributed by atoms with E-state index in [9.17, 15) is 0 Å². The Morgan fingerprint density at radius 1 is 1.43 bits per heavy atom. The molecule has 4 heteroatoms. The minimum atomic E-state index is 0.496. The Balaban J connectivity index is 1.63. The first-order valence-electron chi connectivity index (χ1n) is 7.67. The Hall–Kier alpha value is -1.81. The van der Waals surface area contributed by atoms with Gasteiger partial charge in [0.25, 0.3) is 0 Å². The Bertz CT molecular complexity index is 606. The summed E-state index contributed by atoms with van der Waals surface area (Å²) in [6, 6.07) is 7.01. The van der Waals surface area contributed by atoms with Crippen molar-refractivity contribution in [2.45, 2.75) is 31.7 Å². The SMILES string of the molecule is CNC1CCCc2cc(OCCc3nccn3C)ccc21. The summed E-state index contributed by atoms with van der Waals surface area (Å²) in [5, 5.41) is 3.40. The normalized spacial score (nSPS) is 17.5. The lowest BCUT2D eigenvalue weighted by molar-refractivity contribution is 0.316. The topological polar surface area (TPSA) is 39.1 Å². The van der Waals surface area contributed by atoms with Crippen LogP contribution in [0.15, 0.2) is 30.6 Å². The zero-order valence-corrected chi connectivity index (χ0v) is 12.8. The first kappa shape index (κ1) is 14.1. The monoisotopic (exact) mass is 285 g/mol. The van der Waals surface area contributed by atoms with E-state index in [0.29, 0.717) is 12.6 Å². The molecule has 0 bridgehead atoms. The van der Waals surface area contributed by atoms with Crippen molar-refractivity contribution in [3.8, 4) is 5.75 Å². The zero-order valence-electron chi connectivity index (χ0n) is 12.8. The molecule has 3 rings (SSSR count). The fourth-order valence-corrected chi connectivity index (χ4v) is 3.08. The van der Waals surface area contributed by atoms with Gasteiger partial charge in [-0.05, 0) is 49.6 Å². The highest BCUT2D eigenvalue weighted by molar-refractivity contribution is 5.39. The second kappa shape index (κ2) is 6.31. The van der Waals surface area contributed by atoms with Crippen molar-refractivity contribution in [3.05, 3.63) is 47.5 Å². The summed E-state index contributed by atoms with van der Waals surface area (Å²) in [5.74, 6) is 2.03. The van der Waals surface area contributed by atoms with Crippen LogP contribution in [-0.2, 0) is 19.9 Å². The van der Waals surface area contributed by atoms with E-state index in [0.717, 1.165) is 24.4 Å². The van der Waals surface area contributed by atoms with E-state index in [-0.39, 0.29) is 0 Å². The van der Waals surface area contributed by atoms with Crippen molar-refractivity contribution >= 4 is 0 Å². The van der Waals surface area contributed by atoms with Crippen LogP contribution < -0.4 is 10.1 Å². The van der Waals surface area contributed by atoms with Crippen molar-refractivity contribution in [2.75, 3.05) is 13.7 Å². The fourth-order valence-electron chi connectivity index (χ4n) is 3.08. The molecule has 0 spiro atoms. The number of hydrogen-bond donors (Lipinski definition) is 1. The number of nitrogens with zero attached hydrogens (tertiary/aromatic N) is 2. The van der Waals surface area contributed by atoms with Gasteiger partial charge >= 0.3 is 0 Å². The maximum atomic E-state index is 5.90. The van der Waals surface area contributed by atoms with E-state index in [1.807, 2.05) is 31.1 Å². The summed E-state index contributed by atoms with van der Waals surface area (Å²) < 4.78 is 7.93. The zero-order chi connectivity index (χ0) is 14.7. The Morgan fingerprint density at radius 2 is 2.33 bits per heavy atom. The number of aryl methyl sites for hydroxylation is 2. The van der Waals surface area contributed by atoms with Crippen molar-refractivity contribution < 1.29 is 4.74 Å². The van der Waals surface area contributed by atoms with Crippen molar-refractivity contribution in [2.24, 2.45) is 7.05 Å². The van der Waals surface area contributed by atoms with Crippen molar-refractivity contribution in [3.63, 3.8) is 0 Å². The molecule has 2 aromatic rings. The van der Waals surface area contributed by atoms with Crippen LogP contribution in [-0.4, -0.2) is 23.2 Å². The van der Waals surface area contributed by atoms with E-state index < -0.39 is 0 Å². The van der Waals surface area contributed by atoms with Crippen LogP contribution >= 0.6 is 0 Å². The summed E-state index contributed by atoms with van der Waals surface area (Å²) in [6.45, 7) is 0.666. The van der Waals surface area contributed by atoms with Crippen LogP contribution in [0.25, 0.3) is 0 Å². The average Bonchev–Trinajstić information content (AvgIpc) is 2.92. The summed E-state index contributed by atoms with van der Waals surface area (Å²) >= 11 is 0. The molecule has 112 valence electrons. The molecule has 0 aliphatic heterocycles. The van der Waals surface area contributed by atoms with Gasteiger partial charge in [0, 0.05) is 31.9 Å². The molecule has 1 aliphatic rings. The van der Waals surface area contributed by atoms with E-state index in [2.05, 4.69) is 28.5 Å². The van der Waals surface area contributed by atoms with Crippen LogP contribution in [0.1, 0.15) is 35.8 Å². The molecular formula is C17H23N3O. The Morgan fingerprint density at radius 3 is 3.10 bits per heavy atom. The minimum Gasteiger partial charge on any atom is -0.493 e. The molecule has 0 fully saturated rings. The predicted octanol–water partition coefficient (Wildman–Crippen LogP) is 2.64. The lowest BCUT2D eigenvalue weighted by Gasteiger charge is -2.25. The highest BCUT2D eigenvalue weighted by Crippen LogP contribution is 2.31. The Labute approximate surface area is 126 Å². The lowest BCUT2D eigenvalue weighted by Crippen LogP contribution is -2.21. The van der Waals surface area contributed by atoms with Crippen LogP contribution in [0, 0.1) is 0 Å². The molecule has 21 heavy (non-hydrogen) atoms. The number of imidazole rings is 1. The largest absolute Gasteiger partial charge is 0.493 e. The third-order valence-electron chi connectivity index (χ3n) is 4.29. The Kier molecular flexibility index (Phi) is 4.25. The lowest BCUT2D eigenvalue weighted by atomic mass is 9.87. The number of hydrogen-bond acceptors (Lipinski definition) is 3. The third kappa shape index (κ3) is 3.10. The van der Waals surface area contributed by atoms with Gasteiger partial charge in [-0.15, -0.1) is 0 Å². The summed E-state index contributed by atoms with van der Waals surface area (Å²) in [5.41, 5.74) is 2.86. The molecule has 1 unspecified atom stereocenters. The van der Waals surface area contributed by atoms with E-state index in [1.165, 1.54) is 24.0 Å². The molecule has 1 N–H and O–H groups in total. The van der Waals surface area contributed by atoms with Gasteiger partial charge in [0.15, 0.2) is 0 Å². The molecule has 1 aliphatic carbocycles. The van der Waals surface area contributed by atoms with Gasteiger partial charge in [-0.25, -0.2) is 4.98 Å². The summed E-state index contributed by atoms with van der Waals surface area (Å²) in [7, 11) is 4.05. The molecule has 1 atom stereocenters. The van der Waals surface area contributed by atoms with Crippen LogP contribution in [0.5, 0.6) is 5.75 Å². The smallest absolute Gasteiger partial charge is 0.119 e. The fraction of sp³-hybridized carbons (Fsp3) is 0.471. The number of fused-ring (bicyclic) bond motifs is 1. The second-order valence-corrected chi connectivity index (χ2v) is 5.65. The predicted molar refractivity (Wildman–Crippen MR) is 83.6 cm³/mol.